The lowest BCUT2D eigenvalue weighted by Crippen LogP contribution is -2.24. The highest BCUT2D eigenvalue weighted by Gasteiger charge is 2.18. The van der Waals surface area contributed by atoms with Gasteiger partial charge in [-0.1, -0.05) is 38.1 Å². The number of hydrogen-bond acceptors (Lipinski definition) is 3. The zero-order chi connectivity index (χ0) is 14.5. The van der Waals surface area contributed by atoms with Crippen molar-refractivity contribution >= 4 is 5.82 Å². The molecule has 0 spiro atoms. The summed E-state index contributed by atoms with van der Waals surface area (Å²) in [6.45, 7) is 7.24. The first-order chi connectivity index (χ1) is 9.67. The van der Waals surface area contributed by atoms with Crippen LogP contribution in [0.25, 0.3) is 0 Å². The maximum absolute atomic E-state index is 6.09. The van der Waals surface area contributed by atoms with Gasteiger partial charge in [0.2, 0.25) is 0 Å². The number of aryl methyl sites for hydroxylation is 2. The van der Waals surface area contributed by atoms with E-state index in [1.54, 1.807) is 6.20 Å². The van der Waals surface area contributed by atoms with Crippen LogP contribution >= 0.6 is 0 Å². The predicted molar refractivity (Wildman–Crippen MR) is 84.7 cm³/mol. The number of hydrogen-bond donors (Lipinski definition) is 2. The van der Waals surface area contributed by atoms with E-state index in [9.17, 15) is 0 Å². The van der Waals surface area contributed by atoms with Gasteiger partial charge in [-0.2, -0.15) is 0 Å². The van der Waals surface area contributed by atoms with Gasteiger partial charge in [0.25, 0.3) is 0 Å². The molecule has 2 rings (SSSR count). The molecule has 1 heterocycles. The Bertz CT molecular complexity index is 541. The molecular formula is C17H23N3. The maximum atomic E-state index is 6.09. The molecule has 3 N–H and O–H groups in total. The summed E-state index contributed by atoms with van der Waals surface area (Å²) in [6, 6.07) is 10.8. The maximum Gasteiger partial charge on any atom is 0.128 e. The van der Waals surface area contributed by atoms with Crippen LogP contribution in [0.5, 0.6) is 0 Å². The zero-order valence-electron chi connectivity index (χ0n) is 12.5. The third-order valence-corrected chi connectivity index (χ3v) is 3.66. The Kier molecular flexibility index (Phi) is 4.74. The second-order valence-electron chi connectivity index (χ2n) is 5.01. The topological polar surface area (TPSA) is 50.9 Å². The molecule has 0 saturated heterocycles. The molecule has 3 heteroatoms. The van der Waals surface area contributed by atoms with E-state index in [0.29, 0.717) is 5.82 Å². The molecule has 0 aliphatic rings. The summed E-state index contributed by atoms with van der Waals surface area (Å²) in [6.07, 6.45) is 2.82. The van der Waals surface area contributed by atoms with Crippen molar-refractivity contribution in [3.63, 3.8) is 0 Å². The van der Waals surface area contributed by atoms with Crippen molar-refractivity contribution in [1.29, 1.82) is 0 Å². The first kappa shape index (κ1) is 14.5. The molecule has 0 fully saturated rings. The van der Waals surface area contributed by atoms with Crippen molar-refractivity contribution in [3.05, 3.63) is 58.8 Å². The normalized spacial score (nSPS) is 12.3. The minimum absolute atomic E-state index is 0.0969. The van der Waals surface area contributed by atoms with Gasteiger partial charge in [-0.15, -0.1) is 0 Å². The van der Waals surface area contributed by atoms with Crippen molar-refractivity contribution in [1.82, 2.24) is 10.3 Å². The average Bonchev–Trinajstić information content (AvgIpc) is 2.46. The van der Waals surface area contributed by atoms with E-state index in [0.717, 1.165) is 18.5 Å². The van der Waals surface area contributed by atoms with Crippen LogP contribution in [-0.4, -0.2) is 11.5 Å². The molecule has 1 unspecified atom stereocenters. The third-order valence-electron chi connectivity index (χ3n) is 3.66. The fourth-order valence-corrected chi connectivity index (χ4v) is 2.50. The Hall–Kier alpha value is -1.87. The largest absolute Gasteiger partial charge is 0.383 e. The molecule has 3 nitrogen and oxygen atoms in total. The number of anilines is 1. The summed E-state index contributed by atoms with van der Waals surface area (Å²) in [7, 11) is 0. The van der Waals surface area contributed by atoms with Gasteiger partial charge in [0, 0.05) is 11.8 Å². The fourth-order valence-electron chi connectivity index (χ4n) is 2.50. The second kappa shape index (κ2) is 6.53. The van der Waals surface area contributed by atoms with Crippen molar-refractivity contribution in [2.75, 3.05) is 12.3 Å². The summed E-state index contributed by atoms with van der Waals surface area (Å²) in [5.74, 6) is 0.607. The van der Waals surface area contributed by atoms with Crippen LogP contribution in [0.2, 0.25) is 0 Å². The Morgan fingerprint density at radius 2 is 1.85 bits per heavy atom. The molecule has 0 bridgehead atoms. The van der Waals surface area contributed by atoms with E-state index >= 15 is 0 Å². The number of benzene rings is 1. The summed E-state index contributed by atoms with van der Waals surface area (Å²) in [4.78, 5) is 4.24. The number of nitrogen functional groups attached to an aromatic ring is 1. The SMILES string of the molecule is CCNC(c1ccc(CC)cc1)c1c(C)ccnc1N. The number of nitrogens with zero attached hydrogens (tertiary/aromatic N) is 1. The van der Waals surface area contributed by atoms with Gasteiger partial charge in [-0.25, -0.2) is 4.98 Å². The lowest BCUT2D eigenvalue weighted by atomic mass is 9.94. The van der Waals surface area contributed by atoms with Crippen LogP contribution < -0.4 is 11.1 Å². The predicted octanol–water partition coefficient (Wildman–Crippen LogP) is 3.23. The Morgan fingerprint density at radius 3 is 2.40 bits per heavy atom. The van der Waals surface area contributed by atoms with E-state index < -0.39 is 0 Å². The smallest absolute Gasteiger partial charge is 0.128 e. The van der Waals surface area contributed by atoms with Crippen molar-refractivity contribution < 1.29 is 0 Å². The standard InChI is InChI=1S/C17H23N3/c1-4-13-6-8-14(9-7-13)16(19-5-2)15-12(3)10-11-20-17(15)18/h6-11,16,19H,4-5H2,1-3H3,(H2,18,20). The van der Waals surface area contributed by atoms with Crippen LogP contribution in [0.15, 0.2) is 36.5 Å². The number of nitrogens with two attached hydrogens (primary N) is 1. The van der Waals surface area contributed by atoms with E-state index in [-0.39, 0.29) is 6.04 Å². The van der Waals surface area contributed by atoms with Gasteiger partial charge in [-0.05, 0) is 42.6 Å². The molecule has 2 aromatic rings. The van der Waals surface area contributed by atoms with Gasteiger partial charge >= 0.3 is 0 Å². The lowest BCUT2D eigenvalue weighted by molar-refractivity contribution is 0.627. The van der Waals surface area contributed by atoms with Crippen LogP contribution in [0.3, 0.4) is 0 Å². The molecule has 0 aliphatic heterocycles. The summed E-state index contributed by atoms with van der Waals surface area (Å²) >= 11 is 0. The van der Waals surface area contributed by atoms with Gasteiger partial charge in [0.1, 0.15) is 5.82 Å². The summed E-state index contributed by atoms with van der Waals surface area (Å²) < 4.78 is 0. The first-order valence-corrected chi connectivity index (χ1v) is 7.20. The summed E-state index contributed by atoms with van der Waals surface area (Å²) in [5.41, 5.74) is 10.9. The van der Waals surface area contributed by atoms with Gasteiger partial charge in [-0.3, -0.25) is 0 Å². The molecule has 1 aromatic carbocycles. The van der Waals surface area contributed by atoms with Crippen LogP contribution in [-0.2, 0) is 6.42 Å². The quantitative estimate of drug-likeness (QED) is 0.876. The van der Waals surface area contributed by atoms with E-state index in [2.05, 4.69) is 55.3 Å². The molecule has 1 atom stereocenters. The molecule has 0 radical (unpaired) electrons. The molecule has 20 heavy (non-hydrogen) atoms. The van der Waals surface area contributed by atoms with Gasteiger partial charge in [0.05, 0.1) is 6.04 Å². The fraction of sp³-hybridized carbons (Fsp3) is 0.353. The highest BCUT2D eigenvalue weighted by atomic mass is 14.9. The number of pyridine rings is 1. The van der Waals surface area contributed by atoms with Crippen LogP contribution in [0.4, 0.5) is 5.82 Å². The Balaban J connectivity index is 2.44. The molecule has 1 aromatic heterocycles. The van der Waals surface area contributed by atoms with Crippen molar-refractivity contribution in [2.45, 2.75) is 33.2 Å². The number of nitrogens with one attached hydrogen (secondary N) is 1. The molecule has 0 aliphatic carbocycles. The number of aromatic nitrogens is 1. The van der Waals surface area contributed by atoms with E-state index in [1.165, 1.54) is 16.7 Å². The van der Waals surface area contributed by atoms with Crippen molar-refractivity contribution in [2.24, 2.45) is 0 Å². The van der Waals surface area contributed by atoms with Crippen molar-refractivity contribution in [3.8, 4) is 0 Å². The Labute approximate surface area is 121 Å². The van der Waals surface area contributed by atoms with E-state index in [4.69, 9.17) is 5.73 Å². The van der Waals surface area contributed by atoms with Crippen LogP contribution in [0.1, 0.15) is 42.1 Å². The van der Waals surface area contributed by atoms with Gasteiger partial charge in [0.15, 0.2) is 0 Å². The van der Waals surface area contributed by atoms with Gasteiger partial charge < -0.3 is 11.1 Å². The minimum atomic E-state index is 0.0969. The Morgan fingerprint density at radius 1 is 1.15 bits per heavy atom. The third kappa shape index (κ3) is 2.99. The molecular weight excluding hydrogens is 246 g/mol. The molecule has 106 valence electrons. The van der Waals surface area contributed by atoms with Crippen LogP contribution in [0, 0.1) is 6.92 Å². The molecule has 0 amide bonds. The second-order valence-corrected chi connectivity index (χ2v) is 5.01. The minimum Gasteiger partial charge on any atom is -0.383 e. The lowest BCUT2D eigenvalue weighted by Gasteiger charge is -2.22. The van der Waals surface area contributed by atoms with E-state index in [1.807, 2.05) is 6.07 Å². The first-order valence-electron chi connectivity index (χ1n) is 7.20. The highest BCUT2D eigenvalue weighted by molar-refractivity contribution is 5.50. The average molecular weight is 269 g/mol. The monoisotopic (exact) mass is 269 g/mol. The zero-order valence-corrected chi connectivity index (χ0v) is 12.5. The highest BCUT2D eigenvalue weighted by Crippen LogP contribution is 2.28. The number of rotatable bonds is 5. The summed E-state index contributed by atoms with van der Waals surface area (Å²) in [5, 5.41) is 3.51. The molecule has 0 saturated carbocycles.